The number of nitrogens with zero attached hydrogens (tertiary/aromatic N) is 3. The van der Waals surface area contributed by atoms with Gasteiger partial charge in [0.1, 0.15) is 5.69 Å². The van der Waals surface area contributed by atoms with Gasteiger partial charge in [-0.05, 0) is 36.4 Å². The minimum atomic E-state index is -0.383. The third-order valence-corrected chi connectivity index (χ3v) is 5.33. The highest BCUT2D eigenvalue weighted by Crippen LogP contribution is 2.33. The highest BCUT2D eigenvalue weighted by atomic mass is 16.7. The van der Waals surface area contributed by atoms with Crippen molar-refractivity contribution in [2.75, 3.05) is 55.5 Å². The van der Waals surface area contributed by atoms with E-state index in [0.29, 0.717) is 18.9 Å². The molecule has 0 unspecified atom stereocenters. The number of piperidine rings is 1. The van der Waals surface area contributed by atoms with Crippen LogP contribution in [0.1, 0.15) is 23.3 Å². The van der Waals surface area contributed by atoms with Crippen LogP contribution in [0.4, 0.5) is 17.1 Å². The number of pyridine rings is 1. The van der Waals surface area contributed by atoms with E-state index in [4.69, 9.17) is 9.47 Å². The first-order valence-corrected chi connectivity index (χ1v) is 9.62. The van der Waals surface area contributed by atoms with Crippen LogP contribution < -0.4 is 15.1 Å². The fraction of sp³-hybridized carbons (Fsp3) is 0.429. The summed E-state index contributed by atoms with van der Waals surface area (Å²) in [5.74, 6) is -0.596. The molecule has 3 heterocycles. The Morgan fingerprint density at radius 1 is 1.07 bits per heavy atom. The average Bonchev–Trinajstić information content (AvgIpc) is 3.17. The molecule has 7 nitrogen and oxygen atoms in total. The summed E-state index contributed by atoms with van der Waals surface area (Å²) in [7, 11) is 3.96. The number of hydrogen-bond donors (Lipinski definition) is 1. The molecule has 148 valence electrons. The fourth-order valence-electron chi connectivity index (χ4n) is 3.64. The standard InChI is InChI=1S/C21H26N4O3/c1-24(2)17-5-3-16(4-6-17)23-20(26)19-8-7-18(15-22-19)25-11-9-21(10-12-25)27-13-14-28-21/h3-8,15H,9-14H2,1-2H3,(H,23,26). The van der Waals surface area contributed by atoms with Gasteiger partial charge >= 0.3 is 0 Å². The molecule has 2 aliphatic heterocycles. The first kappa shape index (κ1) is 18.7. The van der Waals surface area contributed by atoms with Crippen LogP contribution in [0.2, 0.25) is 0 Å². The van der Waals surface area contributed by atoms with Crippen LogP contribution in [0.3, 0.4) is 0 Å². The zero-order valence-corrected chi connectivity index (χ0v) is 16.4. The lowest BCUT2D eigenvalue weighted by molar-refractivity contribution is -0.169. The molecule has 4 rings (SSSR count). The molecule has 2 aliphatic rings. The van der Waals surface area contributed by atoms with Crippen molar-refractivity contribution in [3.05, 3.63) is 48.3 Å². The van der Waals surface area contributed by atoms with Crippen molar-refractivity contribution in [3.8, 4) is 0 Å². The van der Waals surface area contributed by atoms with Crippen molar-refractivity contribution in [3.63, 3.8) is 0 Å². The molecular formula is C21H26N4O3. The minimum Gasteiger partial charge on any atom is -0.378 e. The van der Waals surface area contributed by atoms with E-state index in [-0.39, 0.29) is 11.7 Å². The van der Waals surface area contributed by atoms with Crippen molar-refractivity contribution in [1.82, 2.24) is 4.98 Å². The second-order valence-corrected chi connectivity index (χ2v) is 7.39. The number of rotatable bonds is 4. The number of benzene rings is 1. The molecule has 1 aromatic carbocycles. The zero-order chi connectivity index (χ0) is 19.6. The summed E-state index contributed by atoms with van der Waals surface area (Å²) in [5, 5.41) is 2.89. The maximum absolute atomic E-state index is 12.5. The Morgan fingerprint density at radius 3 is 2.32 bits per heavy atom. The SMILES string of the molecule is CN(C)c1ccc(NC(=O)c2ccc(N3CCC4(CC3)OCCO4)cn2)cc1. The predicted octanol–water partition coefficient (Wildman–Crippen LogP) is 2.74. The topological polar surface area (TPSA) is 66.9 Å². The minimum absolute atomic E-state index is 0.213. The van der Waals surface area contributed by atoms with Gasteiger partial charge in [-0.3, -0.25) is 4.79 Å². The highest BCUT2D eigenvalue weighted by molar-refractivity contribution is 6.03. The summed E-state index contributed by atoms with van der Waals surface area (Å²) in [5.41, 5.74) is 3.24. The van der Waals surface area contributed by atoms with Crippen LogP contribution in [0.5, 0.6) is 0 Å². The molecule has 7 heteroatoms. The molecule has 2 saturated heterocycles. The Morgan fingerprint density at radius 2 is 1.75 bits per heavy atom. The molecule has 0 atom stereocenters. The first-order chi connectivity index (χ1) is 13.5. The number of carbonyl (C=O) groups excluding carboxylic acids is 1. The smallest absolute Gasteiger partial charge is 0.274 e. The summed E-state index contributed by atoms with van der Waals surface area (Å²) < 4.78 is 11.5. The Bertz CT molecular complexity index is 805. The molecule has 1 amide bonds. The van der Waals surface area contributed by atoms with E-state index in [0.717, 1.165) is 43.0 Å². The van der Waals surface area contributed by atoms with Crippen molar-refractivity contribution in [2.45, 2.75) is 18.6 Å². The van der Waals surface area contributed by atoms with Gasteiger partial charge in [-0.2, -0.15) is 0 Å². The molecule has 1 spiro atoms. The third kappa shape index (κ3) is 3.95. The van der Waals surface area contributed by atoms with Gasteiger partial charge in [0, 0.05) is 51.4 Å². The lowest BCUT2D eigenvalue weighted by Crippen LogP contribution is -2.45. The second-order valence-electron chi connectivity index (χ2n) is 7.39. The quantitative estimate of drug-likeness (QED) is 0.877. The van der Waals surface area contributed by atoms with Crippen LogP contribution >= 0.6 is 0 Å². The Hall–Kier alpha value is -2.64. The first-order valence-electron chi connectivity index (χ1n) is 9.62. The fourth-order valence-corrected chi connectivity index (χ4v) is 3.64. The third-order valence-electron chi connectivity index (χ3n) is 5.33. The number of hydrogen-bond acceptors (Lipinski definition) is 6. The Balaban J connectivity index is 1.35. The highest BCUT2D eigenvalue weighted by Gasteiger charge is 2.39. The predicted molar refractivity (Wildman–Crippen MR) is 109 cm³/mol. The Kier molecular flexibility index (Phi) is 5.19. The Labute approximate surface area is 165 Å². The van der Waals surface area contributed by atoms with E-state index in [1.165, 1.54) is 0 Å². The zero-order valence-electron chi connectivity index (χ0n) is 16.4. The molecule has 1 aromatic heterocycles. The van der Waals surface area contributed by atoms with Crippen molar-refractivity contribution in [1.29, 1.82) is 0 Å². The maximum Gasteiger partial charge on any atom is 0.274 e. The van der Waals surface area contributed by atoms with Gasteiger partial charge < -0.3 is 24.6 Å². The van der Waals surface area contributed by atoms with Crippen molar-refractivity contribution >= 4 is 23.0 Å². The van der Waals surface area contributed by atoms with Crippen molar-refractivity contribution < 1.29 is 14.3 Å². The largest absolute Gasteiger partial charge is 0.378 e. The summed E-state index contributed by atoms with van der Waals surface area (Å²) in [6.45, 7) is 3.07. The molecule has 0 bridgehead atoms. The monoisotopic (exact) mass is 382 g/mol. The van der Waals surface area contributed by atoms with Crippen LogP contribution in [0.15, 0.2) is 42.6 Å². The lowest BCUT2D eigenvalue weighted by Gasteiger charge is -2.38. The summed E-state index contributed by atoms with van der Waals surface area (Å²) in [6, 6.07) is 11.4. The molecule has 2 fully saturated rings. The molecule has 0 radical (unpaired) electrons. The van der Waals surface area contributed by atoms with E-state index in [2.05, 4.69) is 15.2 Å². The molecule has 1 N–H and O–H groups in total. The van der Waals surface area contributed by atoms with Gasteiger partial charge in [-0.15, -0.1) is 0 Å². The van der Waals surface area contributed by atoms with Gasteiger partial charge in [-0.1, -0.05) is 0 Å². The van der Waals surface area contributed by atoms with E-state index in [1.54, 1.807) is 12.3 Å². The summed E-state index contributed by atoms with van der Waals surface area (Å²) in [4.78, 5) is 21.1. The second kappa shape index (κ2) is 7.77. The number of aromatic nitrogens is 1. The molecule has 0 aliphatic carbocycles. The lowest BCUT2D eigenvalue weighted by atomic mass is 10.0. The van der Waals surface area contributed by atoms with Crippen molar-refractivity contribution in [2.24, 2.45) is 0 Å². The average molecular weight is 382 g/mol. The van der Waals surface area contributed by atoms with Gasteiger partial charge in [0.25, 0.3) is 5.91 Å². The van der Waals surface area contributed by atoms with Crippen LogP contribution in [-0.2, 0) is 9.47 Å². The maximum atomic E-state index is 12.5. The van der Waals surface area contributed by atoms with Crippen LogP contribution in [0.25, 0.3) is 0 Å². The molecule has 0 saturated carbocycles. The number of anilines is 3. The van der Waals surface area contributed by atoms with E-state index in [9.17, 15) is 4.79 Å². The molecule has 2 aromatic rings. The van der Waals surface area contributed by atoms with Crippen LogP contribution in [-0.4, -0.2) is 57.1 Å². The summed E-state index contributed by atoms with van der Waals surface area (Å²) >= 11 is 0. The number of ether oxygens (including phenoxy) is 2. The normalized spacial score (nSPS) is 18.3. The number of nitrogens with one attached hydrogen (secondary N) is 1. The van der Waals surface area contributed by atoms with Gasteiger partial charge in [0.15, 0.2) is 5.79 Å². The van der Waals surface area contributed by atoms with E-state index in [1.807, 2.05) is 49.3 Å². The molecular weight excluding hydrogens is 356 g/mol. The van der Waals surface area contributed by atoms with Gasteiger partial charge in [-0.25, -0.2) is 4.98 Å². The van der Waals surface area contributed by atoms with E-state index < -0.39 is 0 Å². The van der Waals surface area contributed by atoms with E-state index >= 15 is 0 Å². The summed E-state index contributed by atoms with van der Waals surface area (Å²) in [6.07, 6.45) is 3.45. The van der Waals surface area contributed by atoms with Gasteiger partial charge in [0.05, 0.1) is 25.1 Å². The van der Waals surface area contributed by atoms with Gasteiger partial charge in [0.2, 0.25) is 0 Å². The van der Waals surface area contributed by atoms with Crippen LogP contribution in [0, 0.1) is 0 Å². The number of carbonyl (C=O) groups is 1. The molecule has 28 heavy (non-hydrogen) atoms. The number of amides is 1.